The number of carbonyl (C=O) groups excluding carboxylic acids is 3. The lowest BCUT2D eigenvalue weighted by Gasteiger charge is -2.34. The Bertz CT molecular complexity index is 859. The summed E-state index contributed by atoms with van der Waals surface area (Å²) in [5.41, 5.74) is 1.51. The van der Waals surface area contributed by atoms with Crippen LogP contribution in [-0.4, -0.2) is 60.1 Å². The summed E-state index contributed by atoms with van der Waals surface area (Å²) in [4.78, 5) is 44.1. The highest BCUT2D eigenvalue weighted by Crippen LogP contribution is 2.42. The van der Waals surface area contributed by atoms with Crippen molar-refractivity contribution >= 4 is 34.1 Å². The molecule has 0 atom stereocenters. The average Bonchev–Trinajstić information content (AvgIpc) is 3.01. The van der Waals surface area contributed by atoms with Crippen LogP contribution in [0.25, 0.3) is 0 Å². The molecule has 1 aliphatic carbocycles. The van der Waals surface area contributed by atoms with Gasteiger partial charge in [-0.1, -0.05) is 0 Å². The van der Waals surface area contributed by atoms with Gasteiger partial charge in [-0.25, -0.2) is 8.78 Å². The number of nitrogens with zero attached hydrogens (tertiary/aromatic N) is 3. The fraction of sp³-hybridized carbons (Fsp3) is 0.650. The van der Waals surface area contributed by atoms with Crippen molar-refractivity contribution in [2.24, 2.45) is 5.92 Å². The van der Waals surface area contributed by atoms with Crippen LogP contribution in [0.1, 0.15) is 53.4 Å². The number of amides is 3. The monoisotopic (exact) mass is 425 g/mol. The molecule has 0 unspecified atom stereocenters. The van der Waals surface area contributed by atoms with Gasteiger partial charge in [0, 0.05) is 43.8 Å². The lowest BCUT2D eigenvalue weighted by atomic mass is 9.85. The highest BCUT2D eigenvalue weighted by molar-refractivity contribution is 7.17. The number of halogens is 2. The Labute approximate surface area is 172 Å². The van der Waals surface area contributed by atoms with Crippen molar-refractivity contribution in [2.45, 2.75) is 51.5 Å². The van der Waals surface area contributed by atoms with Crippen LogP contribution in [0.4, 0.5) is 13.8 Å². The van der Waals surface area contributed by atoms with Crippen molar-refractivity contribution in [2.75, 3.05) is 31.6 Å². The minimum absolute atomic E-state index is 0.0553. The molecule has 0 spiro atoms. The third-order valence-corrected chi connectivity index (χ3v) is 7.45. The van der Waals surface area contributed by atoms with E-state index in [0.717, 1.165) is 10.4 Å². The van der Waals surface area contributed by atoms with Gasteiger partial charge in [-0.2, -0.15) is 0 Å². The van der Waals surface area contributed by atoms with Crippen LogP contribution < -0.4 is 4.90 Å². The Hall–Kier alpha value is -2.03. The third kappa shape index (κ3) is 3.53. The van der Waals surface area contributed by atoms with Crippen LogP contribution in [0, 0.1) is 5.92 Å². The van der Waals surface area contributed by atoms with E-state index in [0.29, 0.717) is 36.6 Å². The standard InChI is InChI=1S/C20H25F2N3O3S/c1-3-25-15(26)11-23(2)18(28)16-13-6-9-24(10-14(13)29-19(16)25)17(27)12-4-7-20(21,22)8-5-12/h12H,3-11H2,1-2H3. The minimum atomic E-state index is -2.65. The molecule has 1 aromatic rings. The van der Waals surface area contributed by atoms with E-state index in [1.54, 1.807) is 16.8 Å². The molecule has 1 aromatic heterocycles. The van der Waals surface area contributed by atoms with E-state index in [1.165, 1.54) is 16.2 Å². The first kappa shape index (κ1) is 20.3. The summed E-state index contributed by atoms with van der Waals surface area (Å²) in [7, 11) is 1.63. The van der Waals surface area contributed by atoms with Crippen LogP contribution in [0.2, 0.25) is 0 Å². The third-order valence-electron chi connectivity index (χ3n) is 6.21. The minimum Gasteiger partial charge on any atom is -0.337 e. The molecule has 2 aliphatic heterocycles. The second kappa shape index (κ2) is 7.34. The van der Waals surface area contributed by atoms with Gasteiger partial charge in [0.15, 0.2) is 0 Å². The summed E-state index contributed by atoms with van der Waals surface area (Å²) in [5, 5.41) is 0.670. The van der Waals surface area contributed by atoms with Crippen LogP contribution >= 0.6 is 11.3 Å². The smallest absolute Gasteiger partial charge is 0.257 e. The first-order valence-electron chi connectivity index (χ1n) is 10.1. The summed E-state index contributed by atoms with van der Waals surface area (Å²) in [6.07, 6.45) is 0.518. The zero-order valence-corrected chi connectivity index (χ0v) is 17.5. The summed E-state index contributed by atoms with van der Waals surface area (Å²) in [6, 6.07) is 0. The normalized spacial score (nSPS) is 22.4. The van der Waals surface area contributed by atoms with E-state index >= 15 is 0 Å². The van der Waals surface area contributed by atoms with E-state index < -0.39 is 5.92 Å². The Kier molecular flexibility index (Phi) is 5.13. The van der Waals surface area contributed by atoms with Crippen molar-refractivity contribution < 1.29 is 23.2 Å². The van der Waals surface area contributed by atoms with Crippen molar-refractivity contribution in [3.05, 3.63) is 16.0 Å². The maximum Gasteiger partial charge on any atom is 0.257 e. The average molecular weight is 426 g/mol. The lowest BCUT2D eigenvalue weighted by Crippen LogP contribution is -2.42. The zero-order chi connectivity index (χ0) is 20.9. The molecular formula is C20H25F2N3O3S. The first-order chi connectivity index (χ1) is 13.7. The Morgan fingerprint density at radius 1 is 1.21 bits per heavy atom. The van der Waals surface area contributed by atoms with Gasteiger partial charge in [0.1, 0.15) is 11.5 Å². The predicted octanol–water partition coefficient (Wildman–Crippen LogP) is 2.90. The van der Waals surface area contributed by atoms with Crippen LogP contribution in [-0.2, 0) is 22.6 Å². The first-order valence-corrected chi connectivity index (χ1v) is 10.9. The molecule has 0 N–H and O–H groups in total. The van der Waals surface area contributed by atoms with E-state index in [4.69, 9.17) is 0 Å². The van der Waals surface area contributed by atoms with E-state index in [9.17, 15) is 23.2 Å². The molecule has 29 heavy (non-hydrogen) atoms. The van der Waals surface area contributed by atoms with Crippen molar-refractivity contribution in [1.82, 2.24) is 9.80 Å². The molecule has 1 fully saturated rings. The van der Waals surface area contributed by atoms with Gasteiger partial charge in [0.05, 0.1) is 12.1 Å². The SMILES string of the molecule is CCN1C(=O)CN(C)C(=O)c2c1sc1c2CCN(C(=O)C2CCC(F)(F)CC2)C1. The molecule has 4 rings (SSSR count). The number of anilines is 1. The number of rotatable bonds is 2. The zero-order valence-electron chi connectivity index (χ0n) is 16.7. The van der Waals surface area contributed by atoms with Gasteiger partial charge in [0.2, 0.25) is 17.7 Å². The fourth-order valence-electron chi connectivity index (χ4n) is 4.52. The topological polar surface area (TPSA) is 60.9 Å². The summed E-state index contributed by atoms with van der Waals surface area (Å²) in [5.74, 6) is -3.34. The number of hydrogen-bond acceptors (Lipinski definition) is 4. The van der Waals surface area contributed by atoms with E-state index in [2.05, 4.69) is 0 Å². The molecule has 3 aliphatic rings. The van der Waals surface area contributed by atoms with Gasteiger partial charge in [-0.3, -0.25) is 14.4 Å². The number of alkyl halides is 2. The Morgan fingerprint density at radius 3 is 2.55 bits per heavy atom. The van der Waals surface area contributed by atoms with Crippen LogP contribution in [0.15, 0.2) is 0 Å². The summed E-state index contributed by atoms with van der Waals surface area (Å²) in [6.45, 7) is 3.26. The number of thiophene rings is 1. The second-order valence-electron chi connectivity index (χ2n) is 8.12. The molecular weight excluding hydrogens is 400 g/mol. The largest absolute Gasteiger partial charge is 0.337 e. The highest BCUT2D eigenvalue weighted by Gasteiger charge is 2.41. The van der Waals surface area contributed by atoms with E-state index in [-0.39, 0.29) is 55.9 Å². The summed E-state index contributed by atoms with van der Waals surface area (Å²) < 4.78 is 26.8. The van der Waals surface area contributed by atoms with Gasteiger partial charge in [-0.15, -0.1) is 11.3 Å². The number of hydrogen-bond donors (Lipinski definition) is 0. The van der Waals surface area contributed by atoms with Gasteiger partial charge >= 0.3 is 0 Å². The molecule has 3 amide bonds. The Morgan fingerprint density at radius 2 is 1.90 bits per heavy atom. The Balaban J connectivity index is 1.58. The molecule has 0 aromatic carbocycles. The van der Waals surface area contributed by atoms with Crippen LogP contribution in [0.5, 0.6) is 0 Å². The number of carbonyl (C=O) groups is 3. The molecule has 0 saturated heterocycles. The molecule has 0 bridgehead atoms. The molecule has 6 nitrogen and oxygen atoms in total. The second-order valence-corrected chi connectivity index (χ2v) is 9.21. The molecule has 158 valence electrons. The molecule has 1 saturated carbocycles. The highest BCUT2D eigenvalue weighted by atomic mass is 32.1. The summed E-state index contributed by atoms with van der Waals surface area (Å²) >= 11 is 1.40. The van der Waals surface area contributed by atoms with Gasteiger partial charge in [-0.05, 0) is 31.7 Å². The molecule has 9 heteroatoms. The molecule has 3 heterocycles. The fourth-order valence-corrected chi connectivity index (χ4v) is 5.95. The maximum atomic E-state index is 13.4. The lowest BCUT2D eigenvalue weighted by molar-refractivity contribution is -0.140. The van der Waals surface area contributed by atoms with Crippen molar-refractivity contribution in [3.63, 3.8) is 0 Å². The maximum absolute atomic E-state index is 13.4. The van der Waals surface area contributed by atoms with E-state index in [1.807, 2.05) is 6.92 Å². The number of fused-ring (bicyclic) bond motifs is 3. The van der Waals surface area contributed by atoms with Crippen molar-refractivity contribution in [1.29, 1.82) is 0 Å². The van der Waals surface area contributed by atoms with Gasteiger partial charge < -0.3 is 14.7 Å². The number of likely N-dealkylation sites (N-methyl/N-ethyl adjacent to an activating group) is 2. The molecule has 0 radical (unpaired) electrons. The van der Waals surface area contributed by atoms with Crippen molar-refractivity contribution in [3.8, 4) is 0 Å². The van der Waals surface area contributed by atoms with Gasteiger partial charge in [0.25, 0.3) is 5.91 Å². The quantitative estimate of drug-likeness (QED) is 0.732. The predicted molar refractivity (Wildman–Crippen MR) is 105 cm³/mol. The van der Waals surface area contributed by atoms with Crippen LogP contribution in [0.3, 0.4) is 0 Å².